The van der Waals surface area contributed by atoms with Gasteiger partial charge >= 0.3 is 0 Å². The predicted octanol–water partition coefficient (Wildman–Crippen LogP) is 2.04. The molecule has 8 heteroatoms. The first-order chi connectivity index (χ1) is 11.2. The van der Waals surface area contributed by atoms with Crippen LogP contribution in [0.5, 0.6) is 0 Å². The second-order valence-electron chi connectivity index (χ2n) is 7.06. The van der Waals surface area contributed by atoms with Crippen LogP contribution < -0.4 is 4.72 Å². The van der Waals surface area contributed by atoms with Crippen LogP contribution in [0.4, 0.5) is 0 Å². The minimum atomic E-state index is -3.63. The molecule has 136 valence electrons. The molecule has 1 aliphatic heterocycles. The lowest BCUT2D eigenvalue weighted by atomic mass is 10.2. The van der Waals surface area contributed by atoms with Crippen LogP contribution in [0.15, 0.2) is 4.90 Å². The normalized spacial score (nSPS) is 23.6. The Morgan fingerprint density at radius 2 is 2.00 bits per heavy atom. The van der Waals surface area contributed by atoms with Crippen molar-refractivity contribution < 1.29 is 17.9 Å². The van der Waals surface area contributed by atoms with Gasteiger partial charge in [0.15, 0.2) is 5.79 Å². The molecule has 1 aromatic rings. The first-order valence-corrected chi connectivity index (χ1v) is 10.1. The van der Waals surface area contributed by atoms with Crippen molar-refractivity contribution in [3.63, 3.8) is 0 Å². The van der Waals surface area contributed by atoms with Crippen LogP contribution in [0.3, 0.4) is 0 Å². The summed E-state index contributed by atoms with van der Waals surface area (Å²) in [5, 5.41) is 4.36. The molecule has 1 aliphatic carbocycles. The molecule has 1 spiro atoms. The number of nitrogens with zero attached hydrogens (tertiary/aromatic N) is 2. The molecule has 1 aromatic heterocycles. The maximum absolute atomic E-state index is 12.7. The van der Waals surface area contributed by atoms with Gasteiger partial charge in [-0.15, -0.1) is 0 Å². The summed E-state index contributed by atoms with van der Waals surface area (Å²) < 4.78 is 41.6. The van der Waals surface area contributed by atoms with Crippen LogP contribution in [0.1, 0.15) is 57.0 Å². The SMILES string of the molecule is Cc1nn(C(C)C)c(C)c1S(=O)(=O)NC[C@@H]1COC2(CCCC2)O1. The molecule has 0 aromatic carbocycles. The van der Waals surface area contributed by atoms with E-state index in [9.17, 15) is 8.42 Å². The molecule has 1 atom stereocenters. The number of sulfonamides is 1. The number of hydrogen-bond acceptors (Lipinski definition) is 5. The summed E-state index contributed by atoms with van der Waals surface area (Å²) in [6.45, 7) is 8.13. The monoisotopic (exact) mass is 357 g/mol. The Morgan fingerprint density at radius 1 is 1.33 bits per heavy atom. The highest BCUT2D eigenvalue weighted by atomic mass is 32.2. The van der Waals surface area contributed by atoms with Gasteiger partial charge in [0, 0.05) is 25.4 Å². The molecule has 2 aliphatic rings. The molecule has 2 fully saturated rings. The van der Waals surface area contributed by atoms with E-state index in [1.165, 1.54) is 0 Å². The minimum absolute atomic E-state index is 0.112. The van der Waals surface area contributed by atoms with E-state index in [0.29, 0.717) is 18.0 Å². The fourth-order valence-electron chi connectivity index (χ4n) is 3.71. The van der Waals surface area contributed by atoms with E-state index < -0.39 is 15.8 Å². The van der Waals surface area contributed by atoms with Crippen molar-refractivity contribution in [3.05, 3.63) is 11.4 Å². The highest BCUT2D eigenvalue weighted by molar-refractivity contribution is 7.89. The highest BCUT2D eigenvalue weighted by Gasteiger charge is 2.43. The maximum Gasteiger partial charge on any atom is 0.244 e. The Labute approximate surface area is 143 Å². The van der Waals surface area contributed by atoms with Crippen LogP contribution in [-0.2, 0) is 19.5 Å². The molecule has 1 saturated heterocycles. The van der Waals surface area contributed by atoms with E-state index in [1.807, 2.05) is 13.8 Å². The van der Waals surface area contributed by atoms with E-state index in [2.05, 4.69) is 9.82 Å². The number of aromatic nitrogens is 2. The lowest BCUT2D eigenvalue weighted by Crippen LogP contribution is -2.35. The van der Waals surface area contributed by atoms with Gasteiger partial charge in [0.2, 0.25) is 10.0 Å². The quantitative estimate of drug-likeness (QED) is 0.872. The fraction of sp³-hybridized carbons (Fsp3) is 0.812. The van der Waals surface area contributed by atoms with Crippen LogP contribution >= 0.6 is 0 Å². The Morgan fingerprint density at radius 3 is 2.58 bits per heavy atom. The lowest BCUT2D eigenvalue weighted by molar-refractivity contribution is -0.160. The summed E-state index contributed by atoms with van der Waals surface area (Å²) >= 11 is 0. The molecule has 0 unspecified atom stereocenters. The highest BCUT2D eigenvalue weighted by Crippen LogP contribution is 2.39. The molecule has 1 N–H and O–H groups in total. The largest absolute Gasteiger partial charge is 0.347 e. The van der Waals surface area contributed by atoms with Crippen molar-refractivity contribution in [1.29, 1.82) is 0 Å². The third kappa shape index (κ3) is 3.24. The third-order valence-electron chi connectivity index (χ3n) is 4.80. The average molecular weight is 357 g/mol. The van der Waals surface area contributed by atoms with Gasteiger partial charge in [0.05, 0.1) is 24.1 Å². The van der Waals surface area contributed by atoms with Gasteiger partial charge in [-0.25, -0.2) is 13.1 Å². The van der Waals surface area contributed by atoms with Gasteiger partial charge in [-0.3, -0.25) is 4.68 Å². The van der Waals surface area contributed by atoms with Crippen LogP contribution in [0, 0.1) is 13.8 Å². The molecular weight excluding hydrogens is 330 g/mol. The summed E-state index contributed by atoms with van der Waals surface area (Å²) in [6.07, 6.45) is 3.76. The first-order valence-electron chi connectivity index (χ1n) is 8.61. The van der Waals surface area contributed by atoms with Gasteiger partial charge in [-0.2, -0.15) is 5.10 Å². The van der Waals surface area contributed by atoms with Crippen molar-refractivity contribution in [2.75, 3.05) is 13.2 Å². The van der Waals surface area contributed by atoms with Crippen LogP contribution in [0.2, 0.25) is 0 Å². The Balaban J connectivity index is 1.69. The minimum Gasteiger partial charge on any atom is -0.347 e. The van der Waals surface area contributed by atoms with Gasteiger partial charge in [-0.05, 0) is 40.5 Å². The van der Waals surface area contributed by atoms with Crippen molar-refractivity contribution in [3.8, 4) is 0 Å². The summed E-state index contributed by atoms with van der Waals surface area (Å²) in [4.78, 5) is 0.269. The number of rotatable bonds is 5. The van der Waals surface area contributed by atoms with Crippen molar-refractivity contribution in [2.45, 2.75) is 76.2 Å². The van der Waals surface area contributed by atoms with Gasteiger partial charge < -0.3 is 9.47 Å². The Hall–Kier alpha value is -0.960. The van der Waals surface area contributed by atoms with Crippen molar-refractivity contribution >= 4 is 10.0 Å². The van der Waals surface area contributed by atoms with Gasteiger partial charge in [-0.1, -0.05) is 0 Å². The standard InChI is InChI=1S/C16H27N3O4S/c1-11(2)19-13(4)15(12(3)18-19)24(20,21)17-9-14-10-22-16(23-14)7-5-6-8-16/h11,14,17H,5-10H2,1-4H3/t14-/m1/s1. The van der Waals surface area contributed by atoms with Crippen LogP contribution in [-0.4, -0.2) is 43.2 Å². The lowest BCUT2D eigenvalue weighted by Gasteiger charge is -2.22. The van der Waals surface area contributed by atoms with E-state index in [1.54, 1.807) is 18.5 Å². The van der Waals surface area contributed by atoms with Crippen LogP contribution in [0.25, 0.3) is 0 Å². The molecule has 0 radical (unpaired) electrons. The zero-order valence-corrected chi connectivity index (χ0v) is 15.6. The third-order valence-corrected chi connectivity index (χ3v) is 6.47. The second-order valence-corrected chi connectivity index (χ2v) is 8.76. The molecule has 0 bridgehead atoms. The zero-order chi connectivity index (χ0) is 17.5. The van der Waals surface area contributed by atoms with Gasteiger partial charge in [0.25, 0.3) is 0 Å². The molecular formula is C16H27N3O4S. The molecule has 3 rings (SSSR count). The van der Waals surface area contributed by atoms with Gasteiger partial charge in [0.1, 0.15) is 4.90 Å². The molecule has 7 nitrogen and oxygen atoms in total. The zero-order valence-electron chi connectivity index (χ0n) is 14.8. The van der Waals surface area contributed by atoms with E-state index in [0.717, 1.165) is 25.7 Å². The number of hydrogen-bond donors (Lipinski definition) is 1. The summed E-state index contributed by atoms with van der Waals surface area (Å²) in [6, 6.07) is 0.112. The maximum atomic E-state index is 12.7. The number of nitrogens with one attached hydrogen (secondary N) is 1. The predicted molar refractivity (Wildman–Crippen MR) is 89.3 cm³/mol. The summed E-state index contributed by atoms with van der Waals surface area (Å²) in [5.74, 6) is -0.468. The van der Waals surface area contributed by atoms with E-state index in [4.69, 9.17) is 9.47 Å². The average Bonchev–Trinajstić information content (AvgIpc) is 3.19. The molecule has 0 amide bonds. The van der Waals surface area contributed by atoms with Crippen molar-refractivity contribution in [1.82, 2.24) is 14.5 Å². The number of aryl methyl sites for hydroxylation is 1. The molecule has 1 saturated carbocycles. The number of ether oxygens (including phenoxy) is 2. The second kappa shape index (κ2) is 6.40. The van der Waals surface area contributed by atoms with E-state index >= 15 is 0 Å². The summed E-state index contributed by atoms with van der Waals surface area (Å²) in [7, 11) is -3.63. The smallest absolute Gasteiger partial charge is 0.244 e. The van der Waals surface area contributed by atoms with Crippen molar-refractivity contribution in [2.24, 2.45) is 0 Å². The Bertz CT molecular complexity index is 705. The molecule has 24 heavy (non-hydrogen) atoms. The Kier molecular flexibility index (Phi) is 4.76. The first kappa shape index (κ1) is 17.8. The summed E-state index contributed by atoms with van der Waals surface area (Å²) in [5.41, 5.74) is 1.18. The molecule has 2 heterocycles. The van der Waals surface area contributed by atoms with E-state index in [-0.39, 0.29) is 23.6 Å². The topological polar surface area (TPSA) is 82.5 Å². The fourth-order valence-corrected chi connectivity index (χ4v) is 5.17.